The van der Waals surface area contributed by atoms with E-state index in [-0.39, 0.29) is 5.75 Å². The van der Waals surface area contributed by atoms with Crippen LogP contribution in [0.5, 0.6) is 5.75 Å². The third-order valence-corrected chi connectivity index (χ3v) is 2.76. The molecule has 0 aliphatic heterocycles. The lowest BCUT2D eigenvalue weighted by molar-refractivity contribution is -0.136. The first kappa shape index (κ1) is 14.5. The molecule has 1 heterocycles. The van der Waals surface area contributed by atoms with Crippen LogP contribution in [-0.4, -0.2) is 28.4 Å². The van der Waals surface area contributed by atoms with E-state index in [1.54, 1.807) is 42.6 Å². The van der Waals surface area contributed by atoms with Gasteiger partial charge in [0.25, 0.3) is 0 Å². The van der Waals surface area contributed by atoms with E-state index >= 15 is 0 Å². The van der Waals surface area contributed by atoms with Crippen molar-refractivity contribution in [2.45, 2.75) is 6.42 Å². The number of hydrogen-bond acceptors (Lipinski definition) is 4. The molecule has 2 aromatic rings. The largest absolute Gasteiger partial charge is 0.508 e. The number of benzene rings is 1. The van der Waals surface area contributed by atoms with Crippen molar-refractivity contribution in [2.24, 2.45) is 0 Å². The van der Waals surface area contributed by atoms with E-state index in [0.29, 0.717) is 18.7 Å². The lowest BCUT2D eigenvalue weighted by Gasteiger charge is -2.06. The molecular formula is C15H15N3O3. The van der Waals surface area contributed by atoms with Gasteiger partial charge in [0.15, 0.2) is 0 Å². The highest BCUT2D eigenvalue weighted by Gasteiger charge is 2.12. The van der Waals surface area contributed by atoms with Gasteiger partial charge in [-0.25, -0.2) is 0 Å². The van der Waals surface area contributed by atoms with Crippen molar-refractivity contribution in [3.05, 3.63) is 54.4 Å². The second kappa shape index (κ2) is 7.04. The van der Waals surface area contributed by atoms with Gasteiger partial charge in [0.2, 0.25) is 0 Å². The molecule has 2 amide bonds. The standard InChI is InChI=1S/C15H15N3O3/c19-13-5-3-11(4-6-13)7-9-17-14(20)15(21)18-12-2-1-8-16-10-12/h1-6,8,10,19H,7,9H2,(H,17,20)(H,18,21). The van der Waals surface area contributed by atoms with Crippen molar-refractivity contribution >= 4 is 17.5 Å². The van der Waals surface area contributed by atoms with Crippen LogP contribution < -0.4 is 10.6 Å². The molecule has 108 valence electrons. The Balaban J connectivity index is 1.76. The predicted octanol–water partition coefficient (Wildman–Crippen LogP) is 1.08. The Morgan fingerprint density at radius 3 is 2.52 bits per heavy atom. The number of amides is 2. The summed E-state index contributed by atoms with van der Waals surface area (Å²) in [6, 6.07) is 9.99. The zero-order chi connectivity index (χ0) is 15.1. The number of nitrogens with one attached hydrogen (secondary N) is 2. The number of nitrogens with zero attached hydrogens (tertiary/aromatic N) is 1. The van der Waals surface area contributed by atoms with Gasteiger partial charge in [0.05, 0.1) is 11.9 Å². The number of rotatable bonds is 4. The molecule has 0 aliphatic rings. The van der Waals surface area contributed by atoms with Gasteiger partial charge in [0.1, 0.15) is 5.75 Å². The number of aromatic nitrogens is 1. The van der Waals surface area contributed by atoms with Crippen molar-refractivity contribution in [1.29, 1.82) is 0 Å². The van der Waals surface area contributed by atoms with E-state index < -0.39 is 11.8 Å². The zero-order valence-electron chi connectivity index (χ0n) is 11.2. The summed E-state index contributed by atoms with van der Waals surface area (Å²) < 4.78 is 0. The fourth-order valence-electron chi connectivity index (χ4n) is 1.69. The Hall–Kier alpha value is -2.89. The van der Waals surface area contributed by atoms with E-state index in [9.17, 15) is 9.59 Å². The number of anilines is 1. The molecule has 0 aliphatic carbocycles. The highest BCUT2D eigenvalue weighted by molar-refractivity contribution is 6.39. The van der Waals surface area contributed by atoms with Crippen LogP contribution in [0.2, 0.25) is 0 Å². The van der Waals surface area contributed by atoms with Crippen LogP contribution >= 0.6 is 0 Å². The average molecular weight is 285 g/mol. The lowest BCUT2D eigenvalue weighted by atomic mass is 10.1. The summed E-state index contributed by atoms with van der Waals surface area (Å²) in [4.78, 5) is 27.1. The molecule has 0 saturated heterocycles. The molecule has 2 rings (SSSR count). The van der Waals surface area contributed by atoms with E-state index in [1.807, 2.05) is 0 Å². The number of pyridine rings is 1. The highest BCUT2D eigenvalue weighted by atomic mass is 16.3. The van der Waals surface area contributed by atoms with Gasteiger partial charge in [0, 0.05) is 12.7 Å². The van der Waals surface area contributed by atoms with E-state index in [4.69, 9.17) is 5.11 Å². The fourth-order valence-corrected chi connectivity index (χ4v) is 1.69. The van der Waals surface area contributed by atoms with E-state index in [1.165, 1.54) is 6.20 Å². The van der Waals surface area contributed by atoms with Crippen molar-refractivity contribution in [3.8, 4) is 5.75 Å². The highest BCUT2D eigenvalue weighted by Crippen LogP contribution is 2.09. The average Bonchev–Trinajstić information content (AvgIpc) is 2.50. The van der Waals surface area contributed by atoms with Gasteiger partial charge >= 0.3 is 11.8 Å². The molecule has 3 N–H and O–H groups in total. The molecule has 0 unspecified atom stereocenters. The third-order valence-electron chi connectivity index (χ3n) is 2.76. The number of carbonyl (C=O) groups excluding carboxylic acids is 2. The summed E-state index contributed by atoms with van der Waals surface area (Å²) in [6.07, 6.45) is 3.61. The SMILES string of the molecule is O=C(NCCc1ccc(O)cc1)C(=O)Nc1cccnc1. The van der Waals surface area contributed by atoms with Crippen LogP contribution in [0.3, 0.4) is 0 Å². The maximum Gasteiger partial charge on any atom is 0.313 e. The first-order valence-corrected chi connectivity index (χ1v) is 6.42. The zero-order valence-corrected chi connectivity index (χ0v) is 11.2. The second-order valence-electron chi connectivity index (χ2n) is 4.37. The molecule has 6 nitrogen and oxygen atoms in total. The van der Waals surface area contributed by atoms with Gasteiger partial charge < -0.3 is 15.7 Å². The summed E-state index contributed by atoms with van der Waals surface area (Å²) in [5, 5.41) is 14.1. The Morgan fingerprint density at radius 2 is 1.86 bits per heavy atom. The fraction of sp³-hybridized carbons (Fsp3) is 0.133. The summed E-state index contributed by atoms with van der Waals surface area (Å²) >= 11 is 0. The molecule has 0 radical (unpaired) electrons. The molecule has 21 heavy (non-hydrogen) atoms. The van der Waals surface area contributed by atoms with Crippen molar-refractivity contribution in [3.63, 3.8) is 0 Å². The third kappa shape index (κ3) is 4.61. The quantitative estimate of drug-likeness (QED) is 0.733. The molecule has 1 aromatic carbocycles. The van der Waals surface area contributed by atoms with Crippen molar-refractivity contribution in [1.82, 2.24) is 10.3 Å². The lowest BCUT2D eigenvalue weighted by Crippen LogP contribution is -2.36. The van der Waals surface area contributed by atoms with Crippen LogP contribution in [-0.2, 0) is 16.0 Å². The maximum atomic E-state index is 11.6. The number of phenolic OH excluding ortho intramolecular Hbond substituents is 1. The second-order valence-corrected chi connectivity index (χ2v) is 4.37. The Morgan fingerprint density at radius 1 is 1.10 bits per heavy atom. The van der Waals surface area contributed by atoms with Crippen LogP contribution in [0.25, 0.3) is 0 Å². The van der Waals surface area contributed by atoms with Gasteiger partial charge in [-0.05, 0) is 36.2 Å². The number of phenols is 1. The summed E-state index contributed by atoms with van der Waals surface area (Å²) in [5.74, 6) is -1.23. The predicted molar refractivity (Wildman–Crippen MR) is 77.7 cm³/mol. The number of aromatic hydroxyl groups is 1. The minimum Gasteiger partial charge on any atom is -0.508 e. The first-order chi connectivity index (χ1) is 10.1. The van der Waals surface area contributed by atoms with Crippen molar-refractivity contribution in [2.75, 3.05) is 11.9 Å². The van der Waals surface area contributed by atoms with Gasteiger partial charge in [-0.3, -0.25) is 14.6 Å². The molecule has 0 bridgehead atoms. The van der Waals surface area contributed by atoms with Crippen LogP contribution in [0, 0.1) is 0 Å². The van der Waals surface area contributed by atoms with E-state index in [2.05, 4.69) is 15.6 Å². The smallest absolute Gasteiger partial charge is 0.313 e. The molecule has 1 aromatic heterocycles. The molecular weight excluding hydrogens is 270 g/mol. The van der Waals surface area contributed by atoms with Gasteiger partial charge in [-0.2, -0.15) is 0 Å². The van der Waals surface area contributed by atoms with Crippen LogP contribution in [0.1, 0.15) is 5.56 Å². The summed E-state index contributed by atoms with van der Waals surface area (Å²) in [6.45, 7) is 0.337. The van der Waals surface area contributed by atoms with Crippen LogP contribution in [0.15, 0.2) is 48.8 Å². The molecule has 0 fully saturated rings. The molecule has 6 heteroatoms. The van der Waals surface area contributed by atoms with E-state index in [0.717, 1.165) is 5.56 Å². The first-order valence-electron chi connectivity index (χ1n) is 6.42. The summed E-state index contributed by atoms with van der Waals surface area (Å²) in [5.41, 5.74) is 1.43. The minimum absolute atomic E-state index is 0.193. The molecule has 0 atom stereocenters. The van der Waals surface area contributed by atoms with Gasteiger partial charge in [-0.1, -0.05) is 12.1 Å². The number of hydrogen-bond donors (Lipinski definition) is 3. The molecule has 0 saturated carbocycles. The summed E-state index contributed by atoms with van der Waals surface area (Å²) in [7, 11) is 0. The monoisotopic (exact) mass is 285 g/mol. The Kier molecular flexibility index (Phi) is 4.87. The Labute approximate surface area is 121 Å². The van der Waals surface area contributed by atoms with Gasteiger partial charge in [-0.15, -0.1) is 0 Å². The normalized spacial score (nSPS) is 9.90. The van der Waals surface area contributed by atoms with Crippen LogP contribution in [0.4, 0.5) is 5.69 Å². The Bertz CT molecular complexity index is 612. The maximum absolute atomic E-state index is 11.6. The molecule has 0 spiro atoms. The number of carbonyl (C=O) groups is 2. The topological polar surface area (TPSA) is 91.3 Å². The van der Waals surface area contributed by atoms with Crippen molar-refractivity contribution < 1.29 is 14.7 Å². The minimum atomic E-state index is -0.728.